The highest BCUT2D eigenvalue weighted by molar-refractivity contribution is 7.80. The van der Waals surface area contributed by atoms with Crippen LogP contribution in [0.1, 0.15) is 10.4 Å². The Kier molecular flexibility index (Phi) is 8.63. The second-order valence-corrected chi connectivity index (χ2v) is 6.97. The third-order valence-corrected chi connectivity index (χ3v) is 4.52. The van der Waals surface area contributed by atoms with Gasteiger partial charge in [0.1, 0.15) is 0 Å². The van der Waals surface area contributed by atoms with E-state index in [2.05, 4.69) is 34.1 Å². The first kappa shape index (κ1) is 22.4. The Morgan fingerprint density at radius 2 is 1.45 bits per heavy atom. The largest absolute Gasteiger partial charge is 0.378 e. The minimum atomic E-state index is -0.645. The number of anilines is 3. The van der Waals surface area contributed by atoms with Crippen LogP contribution in [0, 0.1) is 0 Å². The first-order valence-corrected chi connectivity index (χ1v) is 9.86. The van der Waals surface area contributed by atoms with E-state index >= 15 is 0 Å². The molecule has 0 radical (unpaired) electrons. The number of nitrogens with zero attached hydrogens (tertiary/aromatic N) is 1. The van der Waals surface area contributed by atoms with Crippen LogP contribution in [0.15, 0.2) is 48.5 Å². The summed E-state index contributed by atoms with van der Waals surface area (Å²) in [6, 6.07) is 14.4. The summed E-state index contributed by atoms with van der Waals surface area (Å²) in [5.74, 6) is -0.223. The molecule has 8 nitrogen and oxygen atoms in total. The van der Waals surface area contributed by atoms with Crippen molar-refractivity contribution in [1.29, 1.82) is 0 Å². The van der Waals surface area contributed by atoms with Gasteiger partial charge in [0.25, 0.3) is 5.91 Å². The number of benzene rings is 2. The van der Waals surface area contributed by atoms with Crippen LogP contribution >= 0.6 is 12.6 Å². The molecule has 29 heavy (non-hydrogen) atoms. The zero-order valence-electron chi connectivity index (χ0n) is 16.6. The molecule has 0 saturated heterocycles. The highest BCUT2D eigenvalue weighted by atomic mass is 32.1. The molecule has 0 heterocycles. The smallest absolute Gasteiger partial charge is 0.251 e. The van der Waals surface area contributed by atoms with E-state index in [-0.39, 0.29) is 17.6 Å². The van der Waals surface area contributed by atoms with E-state index in [1.807, 2.05) is 55.4 Å². The molecular formula is C20H28N6O2S. The summed E-state index contributed by atoms with van der Waals surface area (Å²) in [7, 11) is 3.99. The molecule has 0 aliphatic carbocycles. The quantitative estimate of drug-likeness (QED) is 0.198. The van der Waals surface area contributed by atoms with Crippen LogP contribution in [0.5, 0.6) is 0 Å². The molecule has 1 unspecified atom stereocenters. The fraction of sp³-hybridized carbons (Fsp3) is 0.300. The Morgan fingerprint density at radius 3 is 1.97 bits per heavy atom. The number of amides is 2. The normalized spacial score (nSPS) is 11.3. The van der Waals surface area contributed by atoms with Crippen LogP contribution in [0.3, 0.4) is 0 Å². The van der Waals surface area contributed by atoms with Gasteiger partial charge < -0.3 is 32.1 Å². The monoisotopic (exact) mass is 416 g/mol. The Hall–Kier alpha value is -2.91. The van der Waals surface area contributed by atoms with E-state index in [1.165, 1.54) is 0 Å². The zero-order valence-corrected chi connectivity index (χ0v) is 17.5. The second-order valence-electron chi connectivity index (χ2n) is 6.60. The Bertz CT molecular complexity index is 796. The molecule has 9 heteroatoms. The summed E-state index contributed by atoms with van der Waals surface area (Å²) >= 11 is 3.97. The number of carbonyl (C=O) groups is 2. The predicted molar refractivity (Wildman–Crippen MR) is 122 cm³/mol. The Morgan fingerprint density at radius 1 is 0.931 bits per heavy atom. The van der Waals surface area contributed by atoms with Gasteiger partial charge in [-0.25, -0.2) is 0 Å². The fourth-order valence-corrected chi connectivity index (χ4v) is 2.54. The van der Waals surface area contributed by atoms with E-state index in [4.69, 9.17) is 5.73 Å². The SMILES string of the molecule is CN(C)c1ccc(NNc2ccc(C(=O)NCCNC(=O)C(N)CS)cc2)cc1. The fourth-order valence-electron chi connectivity index (χ4n) is 2.37. The summed E-state index contributed by atoms with van der Waals surface area (Å²) in [5, 5.41) is 5.39. The van der Waals surface area contributed by atoms with Crippen molar-refractivity contribution in [3.05, 3.63) is 54.1 Å². The minimum Gasteiger partial charge on any atom is -0.378 e. The number of hydrazine groups is 1. The average Bonchev–Trinajstić information content (AvgIpc) is 2.74. The van der Waals surface area contributed by atoms with Crippen LogP contribution in [-0.4, -0.2) is 50.8 Å². The molecule has 2 rings (SSSR count). The van der Waals surface area contributed by atoms with Gasteiger partial charge >= 0.3 is 0 Å². The third kappa shape index (κ3) is 7.20. The Balaban J connectivity index is 1.75. The minimum absolute atomic E-state index is 0.212. The first-order chi connectivity index (χ1) is 13.9. The van der Waals surface area contributed by atoms with Crippen molar-refractivity contribution in [2.75, 3.05) is 48.7 Å². The van der Waals surface area contributed by atoms with Crippen LogP contribution in [0.25, 0.3) is 0 Å². The highest BCUT2D eigenvalue weighted by Crippen LogP contribution is 2.16. The molecule has 1 atom stereocenters. The lowest BCUT2D eigenvalue weighted by molar-refractivity contribution is -0.121. The molecule has 0 spiro atoms. The summed E-state index contributed by atoms with van der Waals surface area (Å²) in [6.45, 7) is 0.622. The van der Waals surface area contributed by atoms with E-state index in [0.29, 0.717) is 18.7 Å². The Labute approximate surface area is 176 Å². The van der Waals surface area contributed by atoms with Gasteiger partial charge in [-0.3, -0.25) is 9.59 Å². The molecule has 0 bridgehead atoms. The summed E-state index contributed by atoms with van der Waals surface area (Å²) in [4.78, 5) is 25.7. The van der Waals surface area contributed by atoms with Gasteiger partial charge in [0.05, 0.1) is 17.4 Å². The summed E-state index contributed by atoms with van der Waals surface area (Å²) in [6.07, 6.45) is 0. The number of nitrogens with two attached hydrogens (primary N) is 1. The van der Waals surface area contributed by atoms with Crippen LogP contribution in [-0.2, 0) is 4.79 Å². The first-order valence-electron chi connectivity index (χ1n) is 9.22. The highest BCUT2D eigenvalue weighted by Gasteiger charge is 2.10. The van der Waals surface area contributed by atoms with Gasteiger partial charge in [0.2, 0.25) is 5.91 Å². The lowest BCUT2D eigenvalue weighted by Crippen LogP contribution is -2.44. The maximum absolute atomic E-state index is 12.2. The van der Waals surface area contributed by atoms with Crippen molar-refractivity contribution in [3.8, 4) is 0 Å². The van der Waals surface area contributed by atoms with Crippen molar-refractivity contribution in [3.63, 3.8) is 0 Å². The number of hydrogen-bond acceptors (Lipinski definition) is 7. The van der Waals surface area contributed by atoms with Crippen LogP contribution in [0.4, 0.5) is 17.1 Å². The van der Waals surface area contributed by atoms with Gasteiger partial charge in [-0.15, -0.1) is 0 Å². The molecule has 2 aromatic carbocycles. The topological polar surface area (TPSA) is 112 Å². The molecule has 6 N–H and O–H groups in total. The number of nitrogens with one attached hydrogen (secondary N) is 4. The maximum atomic E-state index is 12.2. The predicted octanol–water partition coefficient (Wildman–Crippen LogP) is 1.29. The van der Waals surface area contributed by atoms with Crippen LogP contribution in [0.2, 0.25) is 0 Å². The molecule has 0 saturated carbocycles. The lowest BCUT2D eigenvalue weighted by atomic mass is 10.2. The molecule has 2 amide bonds. The van der Waals surface area contributed by atoms with Gasteiger partial charge in [-0.05, 0) is 48.5 Å². The molecule has 0 aliphatic rings. The van der Waals surface area contributed by atoms with Gasteiger partial charge in [-0.1, -0.05) is 0 Å². The lowest BCUT2D eigenvalue weighted by Gasteiger charge is -2.14. The number of hydrogen-bond donors (Lipinski definition) is 6. The second kappa shape index (κ2) is 11.2. The van der Waals surface area contributed by atoms with E-state index in [1.54, 1.807) is 12.1 Å². The third-order valence-electron chi connectivity index (χ3n) is 4.13. The molecule has 0 aromatic heterocycles. The average molecular weight is 417 g/mol. The van der Waals surface area contributed by atoms with Crippen molar-refractivity contribution >= 4 is 41.5 Å². The van der Waals surface area contributed by atoms with Crippen molar-refractivity contribution < 1.29 is 9.59 Å². The van der Waals surface area contributed by atoms with Crippen molar-refractivity contribution in [2.24, 2.45) is 5.73 Å². The number of carbonyl (C=O) groups excluding carboxylic acids is 2. The maximum Gasteiger partial charge on any atom is 0.251 e. The van der Waals surface area contributed by atoms with E-state index in [9.17, 15) is 9.59 Å². The van der Waals surface area contributed by atoms with Gasteiger partial charge in [0.15, 0.2) is 0 Å². The molecule has 156 valence electrons. The number of rotatable bonds is 10. The van der Waals surface area contributed by atoms with Gasteiger partial charge in [-0.2, -0.15) is 12.6 Å². The van der Waals surface area contributed by atoms with Crippen molar-refractivity contribution in [2.45, 2.75) is 6.04 Å². The zero-order chi connectivity index (χ0) is 21.2. The van der Waals surface area contributed by atoms with E-state index in [0.717, 1.165) is 17.1 Å². The van der Waals surface area contributed by atoms with Gasteiger partial charge in [0, 0.05) is 44.2 Å². The number of thiol groups is 1. The standard InChI is InChI=1S/C20H28N6O2S/c1-26(2)17-9-7-16(8-10-17)25-24-15-5-3-14(4-6-15)19(27)22-11-12-23-20(28)18(21)13-29/h3-10,18,24-25,29H,11-13,21H2,1-2H3,(H,22,27)(H,23,28). The summed E-state index contributed by atoms with van der Waals surface area (Å²) in [5.41, 5.74) is 15.2. The summed E-state index contributed by atoms with van der Waals surface area (Å²) < 4.78 is 0. The molecule has 2 aromatic rings. The van der Waals surface area contributed by atoms with Crippen LogP contribution < -0.4 is 32.1 Å². The molecule has 0 aliphatic heterocycles. The molecule has 0 fully saturated rings. The van der Waals surface area contributed by atoms with E-state index < -0.39 is 6.04 Å². The molecular weight excluding hydrogens is 388 g/mol. The van der Waals surface area contributed by atoms with Crippen molar-refractivity contribution in [1.82, 2.24) is 10.6 Å².